The van der Waals surface area contributed by atoms with Crippen LogP contribution in [0.3, 0.4) is 0 Å². The fourth-order valence-corrected chi connectivity index (χ4v) is 2.03. The van der Waals surface area contributed by atoms with Gasteiger partial charge in [0.05, 0.1) is 11.3 Å². The summed E-state index contributed by atoms with van der Waals surface area (Å²) in [6, 6.07) is 2.68. The summed E-state index contributed by atoms with van der Waals surface area (Å²) >= 11 is 0. The molecule has 0 bridgehead atoms. The van der Waals surface area contributed by atoms with E-state index in [1.54, 1.807) is 37.6 Å². The molecule has 0 aliphatic rings. The van der Waals surface area contributed by atoms with Gasteiger partial charge in [0.15, 0.2) is 0 Å². The summed E-state index contributed by atoms with van der Waals surface area (Å²) < 4.78 is 40.4. The fourth-order valence-electron chi connectivity index (χ4n) is 2.03. The minimum absolute atomic E-state index is 0.231. The molecule has 2 aromatic rings. The van der Waals surface area contributed by atoms with Crippen molar-refractivity contribution < 1.29 is 13.2 Å². The van der Waals surface area contributed by atoms with Crippen molar-refractivity contribution >= 4 is 5.69 Å². The second kappa shape index (κ2) is 4.29. The van der Waals surface area contributed by atoms with Gasteiger partial charge in [-0.1, -0.05) is 0 Å². The molecule has 2 N–H and O–H groups in total. The van der Waals surface area contributed by atoms with Crippen LogP contribution in [-0.4, -0.2) is 9.55 Å². The van der Waals surface area contributed by atoms with E-state index in [0.717, 1.165) is 11.8 Å². The van der Waals surface area contributed by atoms with E-state index in [1.165, 1.54) is 0 Å². The molecular formula is C13H14F3N3. The van der Waals surface area contributed by atoms with E-state index in [0.29, 0.717) is 17.1 Å². The molecule has 0 atom stereocenters. The minimum Gasteiger partial charge on any atom is -0.398 e. The maximum atomic E-state index is 12.9. The first kappa shape index (κ1) is 13.5. The van der Waals surface area contributed by atoms with Gasteiger partial charge in [-0.05, 0) is 38.5 Å². The van der Waals surface area contributed by atoms with Gasteiger partial charge in [-0.2, -0.15) is 13.2 Å². The lowest BCUT2D eigenvalue weighted by molar-refractivity contribution is -0.136. The molecule has 0 saturated carbocycles. The zero-order chi connectivity index (χ0) is 14.4. The minimum atomic E-state index is -4.46. The molecule has 102 valence electrons. The molecule has 0 spiro atoms. The lowest BCUT2D eigenvalue weighted by Crippen LogP contribution is -2.11. The maximum Gasteiger partial charge on any atom is 0.418 e. The molecule has 1 aromatic carbocycles. The Balaban J connectivity index is 2.67. The molecule has 1 aromatic heterocycles. The van der Waals surface area contributed by atoms with E-state index in [-0.39, 0.29) is 5.69 Å². The monoisotopic (exact) mass is 269 g/mol. The quantitative estimate of drug-likeness (QED) is 0.806. The molecule has 0 aliphatic heterocycles. The van der Waals surface area contributed by atoms with Gasteiger partial charge in [0, 0.05) is 17.6 Å². The van der Waals surface area contributed by atoms with Gasteiger partial charge in [0.1, 0.15) is 5.82 Å². The standard InChI is InChI=1S/C13H14F3N3/c1-7-4-10(19-6-8(2)18-9(19)3)5-11(12(7)17)13(14,15)16/h4-6H,17H2,1-3H3. The van der Waals surface area contributed by atoms with E-state index < -0.39 is 11.7 Å². The predicted molar refractivity (Wildman–Crippen MR) is 67.2 cm³/mol. The predicted octanol–water partition coefficient (Wildman–Crippen LogP) is 3.40. The van der Waals surface area contributed by atoms with Crippen molar-refractivity contribution in [1.29, 1.82) is 0 Å². The zero-order valence-corrected chi connectivity index (χ0v) is 10.8. The van der Waals surface area contributed by atoms with Crippen LogP contribution in [0.5, 0.6) is 0 Å². The van der Waals surface area contributed by atoms with Crippen molar-refractivity contribution in [3.8, 4) is 5.69 Å². The molecule has 0 saturated heterocycles. The molecule has 2 rings (SSSR count). The maximum absolute atomic E-state index is 12.9. The SMILES string of the molecule is Cc1cn(-c2cc(C)c(N)c(C(F)(F)F)c2)c(C)n1. The van der Waals surface area contributed by atoms with Gasteiger partial charge < -0.3 is 10.3 Å². The highest BCUT2D eigenvalue weighted by Crippen LogP contribution is 2.36. The highest BCUT2D eigenvalue weighted by Gasteiger charge is 2.34. The molecule has 1 heterocycles. The Bertz CT molecular complexity index is 627. The number of rotatable bonds is 1. The molecule has 19 heavy (non-hydrogen) atoms. The van der Waals surface area contributed by atoms with Gasteiger partial charge in [-0.3, -0.25) is 0 Å². The summed E-state index contributed by atoms with van der Waals surface area (Å²) in [5.41, 5.74) is 6.03. The van der Waals surface area contributed by atoms with Crippen LogP contribution in [0.4, 0.5) is 18.9 Å². The van der Waals surface area contributed by atoms with Crippen LogP contribution in [0, 0.1) is 20.8 Å². The van der Waals surface area contributed by atoms with Gasteiger partial charge in [-0.25, -0.2) is 4.98 Å². The third kappa shape index (κ3) is 2.43. The van der Waals surface area contributed by atoms with E-state index in [4.69, 9.17) is 5.73 Å². The third-order valence-corrected chi connectivity index (χ3v) is 2.96. The first-order valence-electron chi connectivity index (χ1n) is 5.70. The molecule has 0 fully saturated rings. The number of alkyl halides is 3. The Morgan fingerprint density at radius 3 is 2.26 bits per heavy atom. The Labute approximate surface area is 108 Å². The number of benzene rings is 1. The summed E-state index contributed by atoms with van der Waals surface area (Å²) in [6.07, 6.45) is -2.77. The lowest BCUT2D eigenvalue weighted by atomic mass is 10.1. The summed E-state index contributed by atoms with van der Waals surface area (Å²) in [6.45, 7) is 5.09. The Kier molecular flexibility index (Phi) is 3.04. The van der Waals surface area contributed by atoms with E-state index in [1.807, 2.05) is 0 Å². The van der Waals surface area contributed by atoms with Crippen molar-refractivity contribution in [2.24, 2.45) is 0 Å². The molecule has 0 unspecified atom stereocenters. The highest BCUT2D eigenvalue weighted by molar-refractivity contribution is 5.60. The number of halogens is 3. The van der Waals surface area contributed by atoms with E-state index in [2.05, 4.69) is 4.98 Å². The summed E-state index contributed by atoms with van der Waals surface area (Å²) in [5, 5.41) is 0. The first-order valence-corrected chi connectivity index (χ1v) is 5.70. The number of nitrogens with zero attached hydrogens (tertiary/aromatic N) is 2. The molecule has 0 radical (unpaired) electrons. The Morgan fingerprint density at radius 1 is 1.16 bits per heavy atom. The number of imidazole rings is 1. The molecule has 0 amide bonds. The number of nitrogens with two attached hydrogens (primary N) is 1. The number of aromatic nitrogens is 2. The molecule has 0 aliphatic carbocycles. The first-order chi connectivity index (χ1) is 8.70. The topological polar surface area (TPSA) is 43.8 Å². The smallest absolute Gasteiger partial charge is 0.398 e. The van der Waals surface area contributed by atoms with Crippen molar-refractivity contribution in [2.75, 3.05) is 5.73 Å². The van der Waals surface area contributed by atoms with Crippen LogP contribution in [-0.2, 0) is 6.18 Å². The molecular weight excluding hydrogens is 255 g/mol. The summed E-state index contributed by atoms with van der Waals surface area (Å²) in [7, 11) is 0. The number of hydrogen-bond acceptors (Lipinski definition) is 2. The third-order valence-electron chi connectivity index (χ3n) is 2.96. The fraction of sp³-hybridized carbons (Fsp3) is 0.308. The zero-order valence-electron chi connectivity index (χ0n) is 10.8. The van der Waals surface area contributed by atoms with Crippen LogP contribution in [0.15, 0.2) is 18.3 Å². The molecule has 6 heteroatoms. The van der Waals surface area contributed by atoms with Crippen LogP contribution in [0.2, 0.25) is 0 Å². The Hall–Kier alpha value is -1.98. The lowest BCUT2D eigenvalue weighted by Gasteiger charge is -2.15. The second-order valence-electron chi connectivity index (χ2n) is 4.52. The van der Waals surface area contributed by atoms with E-state index in [9.17, 15) is 13.2 Å². The number of anilines is 1. The average Bonchev–Trinajstić information content (AvgIpc) is 2.60. The van der Waals surface area contributed by atoms with Crippen molar-refractivity contribution in [3.05, 3.63) is 41.0 Å². The Morgan fingerprint density at radius 2 is 1.79 bits per heavy atom. The molecule has 3 nitrogen and oxygen atoms in total. The van der Waals surface area contributed by atoms with Crippen molar-refractivity contribution in [3.63, 3.8) is 0 Å². The van der Waals surface area contributed by atoms with Crippen LogP contribution < -0.4 is 5.73 Å². The van der Waals surface area contributed by atoms with Gasteiger partial charge >= 0.3 is 6.18 Å². The highest BCUT2D eigenvalue weighted by atomic mass is 19.4. The van der Waals surface area contributed by atoms with Crippen LogP contribution >= 0.6 is 0 Å². The van der Waals surface area contributed by atoms with Gasteiger partial charge in [0.25, 0.3) is 0 Å². The van der Waals surface area contributed by atoms with Crippen LogP contribution in [0.25, 0.3) is 5.69 Å². The van der Waals surface area contributed by atoms with E-state index >= 15 is 0 Å². The van der Waals surface area contributed by atoms with Crippen molar-refractivity contribution in [1.82, 2.24) is 9.55 Å². The number of hydrogen-bond donors (Lipinski definition) is 1. The summed E-state index contributed by atoms with van der Waals surface area (Å²) in [4.78, 5) is 4.18. The number of nitrogen functional groups attached to an aromatic ring is 1. The number of aryl methyl sites for hydroxylation is 3. The largest absolute Gasteiger partial charge is 0.418 e. The van der Waals surface area contributed by atoms with Gasteiger partial charge in [0.2, 0.25) is 0 Å². The normalized spacial score (nSPS) is 11.9. The van der Waals surface area contributed by atoms with Crippen LogP contribution in [0.1, 0.15) is 22.6 Å². The summed E-state index contributed by atoms with van der Waals surface area (Å²) in [5.74, 6) is 0.634. The van der Waals surface area contributed by atoms with Gasteiger partial charge in [-0.15, -0.1) is 0 Å². The van der Waals surface area contributed by atoms with Crippen molar-refractivity contribution in [2.45, 2.75) is 26.9 Å². The second-order valence-corrected chi connectivity index (χ2v) is 4.52. The average molecular weight is 269 g/mol.